The molecule has 3 aromatic rings. The first kappa shape index (κ1) is 25.1. The predicted molar refractivity (Wildman–Crippen MR) is 116 cm³/mol. The van der Waals surface area contributed by atoms with Gasteiger partial charge in [0.2, 0.25) is 0 Å². The summed E-state index contributed by atoms with van der Waals surface area (Å²) >= 11 is -2.47. The smallest absolute Gasteiger partial charge is 1.00 e. The maximum absolute atomic E-state index is 13.2. The number of nitrogens with one attached hydrogen (secondary N) is 1. The van der Waals surface area contributed by atoms with E-state index in [1.165, 1.54) is 22.3 Å². The van der Waals surface area contributed by atoms with Gasteiger partial charge in [-0.25, -0.2) is 0 Å². The molecule has 0 saturated carbocycles. The molecular weight excluding hydrogens is 596 g/mol. The van der Waals surface area contributed by atoms with E-state index in [2.05, 4.69) is 84.8 Å². The van der Waals surface area contributed by atoms with E-state index >= 15 is 0 Å². The van der Waals surface area contributed by atoms with Crippen LogP contribution in [0.5, 0.6) is 0 Å². The maximum Gasteiger partial charge on any atom is -1.00 e. The Morgan fingerprint density at radius 3 is 1.77 bits per heavy atom. The number of hydrogen-bond acceptors (Lipinski definition) is 1. The number of amides is 1. The van der Waals surface area contributed by atoms with Gasteiger partial charge in [-0.15, -0.1) is 0 Å². The van der Waals surface area contributed by atoms with E-state index < -0.39 is 26.9 Å². The molecule has 4 rings (SSSR count). The first-order valence-electron chi connectivity index (χ1n) is 9.90. The molecule has 0 unspecified atom stereocenters. The van der Waals surface area contributed by atoms with Gasteiger partial charge in [0.1, 0.15) is 0 Å². The van der Waals surface area contributed by atoms with Crippen molar-refractivity contribution >= 4 is 11.9 Å². The van der Waals surface area contributed by atoms with Gasteiger partial charge >= 0.3 is 177 Å². The molecule has 6 heteroatoms. The Labute approximate surface area is 200 Å². The first-order chi connectivity index (χ1) is 13.5. The number of fused-ring (bicyclic) bond motifs is 3. The summed E-state index contributed by atoms with van der Waals surface area (Å²) in [6, 6.07) is 23.8. The van der Waals surface area contributed by atoms with Crippen LogP contribution in [0, 0.1) is 13.8 Å². The number of carbonyl (C=O) groups excluding carboxylic acids is 1. The van der Waals surface area contributed by atoms with Crippen LogP contribution < -0.4 is 28.1 Å². The minimum atomic E-state index is -2.47. The summed E-state index contributed by atoms with van der Waals surface area (Å²) in [7, 11) is 0. The molecule has 30 heavy (non-hydrogen) atoms. The fourth-order valence-electron chi connectivity index (χ4n) is 4.35. The van der Waals surface area contributed by atoms with Crippen LogP contribution in [0.15, 0.2) is 66.7 Å². The minimum Gasteiger partial charge on any atom is -1.00 e. The Balaban J connectivity index is 0.00000160. The average molecular weight is 622 g/mol. The summed E-state index contributed by atoms with van der Waals surface area (Å²) < 4.78 is 4.09. The van der Waals surface area contributed by atoms with Gasteiger partial charge in [0.15, 0.2) is 0 Å². The van der Waals surface area contributed by atoms with E-state index in [1.807, 2.05) is 12.1 Å². The third-order valence-corrected chi connectivity index (χ3v) is 30.4. The van der Waals surface area contributed by atoms with Crippen LogP contribution in [-0.4, -0.2) is 11.9 Å². The van der Waals surface area contributed by atoms with Gasteiger partial charge in [0.05, 0.1) is 0 Å². The maximum atomic E-state index is 13.2. The molecule has 1 amide bonds. The fraction of sp³-hybridized carbons (Fsp3) is 0.208. The summed E-state index contributed by atoms with van der Waals surface area (Å²) in [6.45, 7) is 8.97. The molecule has 0 bridgehead atoms. The van der Waals surface area contributed by atoms with Gasteiger partial charge in [-0.2, -0.15) is 0 Å². The zero-order valence-electron chi connectivity index (χ0n) is 17.7. The van der Waals surface area contributed by atoms with Crippen molar-refractivity contribution in [3.05, 3.63) is 94.5 Å². The minimum absolute atomic E-state index is 0. The molecule has 1 aliphatic rings. The Hall–Kier alpha value is -1.20. The fourth-order valence-corrected chi connectivity index (χ4v) is 25.8. The van der Waals surface area contributed by atoms with Crippen LogP contribution in [0.25, 0.3) is 11.1 Å². The van der Waals surface area contributed by atoms with Crippen molar-refractivity contribution in [3.63, 3.8) is 0 Å². The molecule has 0 heterocycles. The van der Waals surface area contributed by atoms with Crippen molar-refractivity contribution in [1.29, 1.82) is 0 Å². The second-order valence-corrected chi connectivity index (χ2v) is 34.1. The summed E-state index contributed by atoms with van der Waals surface area (Å²) in [5.41, 5.74) is 8.71. The topological polar surface area (TPSA) is 29.1 Å². The largest absolute Gasteiger partial charge is 1.00 e. The molecule has 0 radical (unpaired) electrons. The number of halogens is 2. The number of benzene rings is 3. The Bertz CT molecular complexity index is 991. The Kier molecular flexibility index (Phi) is 8.69. The number of carbonyl (C=O) groups is 1. The quantitative estimate of drug-likeness (QED) is 0.385. The van der Waals surface area contributed by atoms with E-state index in [0.29, 0.717) is 3.67 Å². The van der Waals surface area contributed by atoms with Gasteiger partial charge in [-0.3, -0.25) is 0 Å². The van der Waals surface area contributed by atoms with Crippen LogP contribution in [0.2, 0.25) is 13.1 Å². The molecule has 0 atom stereocenters. The van der Waals surface area contributed by atoms with Gasteiger partial charge in [0.25, 0.3) is 0 Å². The second-order valence-electron chi connectivity index (χ2n) is 8.05. The molecule has 1 N–H and O–H groups in total. The zero-order chi connectivity index (χ0) is 19.8. The first-order valence-corrected chi connectivity index (χ1v) is 22.9. The summed E-state index contributed by atoms with van der Waals surface area (Å²) in [5, 5.41) is 0. The molecule has 0 aliphatic heterocycles. The second kappa shape index (κ2) is 10.4. The predicted octanol–water partition coefficient (Wildman–Crippen LogP) is -0.672. The third kappa shape index (κ3) is 4.82. The SMILES string of the molecule is Cc1cc(C)cc(C(=O)[NH][Hf+2]([CH]2c3ccccc3-c3ccccc32)[SiH](C)C)c1.[Cl-].[Cl-]. The van der Waals surface area contributed by atoms with Crippen molar-refractivity contribution in [1.82, 2.24) is 3.30 Å². The van der Waals surface area contributed by atoms with Crippen molar-refractivity contribution in [2.24, 2.45) is 0 Å². The summed E-state index contributed by atoms with van der Waals surface area (Å²) in [4.78, 5) is 13.2. The average Bonchev–Trinajstić information content (AvgIpc) is 2.99. The molecule has 0 fully saturated rings. The standard InChI is InChI=1S/C13H9.C9H11NO.C2H7Si.2ClH.Hf/c1-3-7-12-10(5-1)9-11-6-2-4-8-13(11)12;1-6-3-7(2)5-8(4-6)9(10)11;1-3-2;;;/h1-9H;3-5H,1-2H3,(H2,10,11);3H,1-2H3;2*1H;/q;;;;;+3/p-3. The van der Waals surface area contributed by atoms with E-state index in [1.54, 1.807) is 0 Å². The van der Waals surface area contributed by atoms with Crippen molar-refractivity contribution < 1.29 is 50.5 Å². The van der Waals surface area contributed by atoms with Crippen molar-refractivity contribution in [2.45, 2.75) is 30.6 Å². The van der Waals surface area contributed by atoms with Crippen LogP contribution in [0.3, 0.4) is 0 Å². The van der Waals surface area contributed by atoms with E-state index in [9.17, 15) is 4.79 Å². The molecule has 2 nitrogen and oxygen atoms in total. The zero-order valence-corrected chi connectivity index (χ0v) is 23.9. The number of hydrogen-bond donors (Lipinski definition) is 1. The molecule has 155 valence electrons. The molecule has 1 aliphatic carbocycles. The normalized spacial score (nSPS) is 11.8. The molecule has 3 aromatic carbocycles. The van der Waals surface area contributed by atoms with Crippen molar-refractivity contribution in [3.8, 4) is 11.1 Å². The van der Waals surface area contributed by atoms with E-state index in [-0.39, 0.29) is 30.7 Å². The van der Waals surface area contributed by atoms with E-state index in [4.69, 9.17) is 0 Å². The monoisotopic (exact) mass is 622 g/mol. The van der Waals surface area contributed by atoms with Gasteiger partial charge in [-0.1, -0.05) is 0 Å². The van der Waals surface area contributed by atoms with E-state index in [0.717, 1.165) is 16.7 Å². The Morgan fingerprint density at radius 1 is 0.833 bits per heavy atom. The van der Waals surface area contributed by atoms with Gasteiger partial charge < -0.3 is 24.8 Å². The van der Waals surface area contributed by atoms with Crippen LogP contribution in [0.4, 0.5) is 0 Å². The number of rotatable bonds is 4. The van der Waals surface area contributed by atoms with Gasteiger partial charge in [0, 0.05) is 0 Å². The molecule has 0 saturated heterocycles. The molecule has 0 spiro atoms. The molecule has 0 aromatic heterocycles. The summed E-state index contributed by atoms with van der Waals surface area (Å²) in [6.07, 6.45) is 0. The van der Waals surface area contributed by atoms with Crippen LogP contribution in [-0.2, 0) is 20.9 Å². The molecular formula is C24H26Cl2HfNOSi. The van der Waals surface area contributed by atoms with Crippen molar-refractivity contribution in [2.75, 3.05) is 0 Å². The summed E-state index contributed by atoms with van der Waals surface area (Å²) in [5.74, 6) is -0.843. The van der Waals surface area contributed by atoms with Gasteiger partial charge in [-0.05, 0) is 0 Å². The van der Waals surface area contributed by atoms with Crippen LogP contribution >= 0.6 is 0 Å². The Morgan fingerprint density at radius 2 is 1.30 bits per heavy atom. The van der Waals surface area contributed by atoms with Crippen LogP contribution in [0.1, 0.15) is 36.3 Å². The number of aryl methyl sites for hydroxylation is 2. The third-order valence-electron chi connectivity index (χ3n) is 5.51.